The van der Waals surface area contributed by atoms with Crippen LogP contribution in [0, 0.1) is 0 Å². The number of halogens is 2. The summed E-state index contributed by atoms with van der Waals surface area (Å²) in [6.07, 6.45) is 0. The zero-order valence-corrected chi connectivity index (χ0v) is 14.2. The molecule has 126 valence electrons. The number of hydrogen-bond acceptors (Lipinski definition) is 4. The van der Waals surface area contributed by atoms with Crippen molar-refractivity contribution >= 4 is 45.0 Å². The average molecular weight is 388 g/mol. The Morgan fingerprint density at radius 1 is 0.917 bits per heavy atom. The Hall–Kier alpha value is -2.13. The maximum absolute atomic E-state index is 12.0. The minimum absolute atomic E-state index is 0.0529. The summed E-state index contributed by atoms with van der Waals surface area (Å²) in [7, 11) is -4.09. The molecule has 0 aliphatic rings. The third-order valence-electron chi connectivity index (χ3n) is 2.91. The average Bonchev–Trinajstić information content (AvgIpc) is 2.52. The maximum atomic E-state index is 12.0. The highest BCUT2D eigenvalue weighted by Crippen LogP contribution is 2.21. The first kappa shape index (κ1) is 18.2. The number of primary sulfonamides is 1. The number of carbonyl (C=O) groups is 2. The van der Waals surface area contributed by atoms with Gasteiger partial charge in [0, 0.05) is 5.56 Å². The number of nitrogens with one attached hydrogen (secondary N) is 2. The van der Waals surface area contributed by atoms with Gasteiger partial charge in [-0.2, -0.15) is 0 Å². The lowest BCUT2D eigenvalue weighted by Crippen LogP contribution is -2.41. The molecule has 10 heteroatoms. The fourth-order valence-electron chi connectivity index (χ4n) is 1.76. The lowest BCUT2D eigenvalue weighted by atomic mass is 10.2. The second-order valence-electron chi connectivity index (χ2n) is 4.58. The molecule has 2 aromatic rings. The van der Waals surface area contributed by atoms with Gasteiger partial charge in [0.15, 0.2) is 0 Å². The van der Waals surface area contributed by atoms with Gasteiger partial charge in [-0.05, 0) is 30.3 Å². The van der Waals surface area contributed by atoms with Crippen LogP contribution in [0.15, 0.2) is 47.4 Å². The second-order valence-corrected chi connectivity index (χ2v) is 6.92. The van der Waals surface area contributed by atoms with Gasteiger partial charge in [0.2, 0.25) is 10.0 Å². The van der Waals surface area contributed by atoms with Gasteiger partial charge in [-0.3, -0.25) is 20.4 Å². The molecule has 24 heavy (non-hydrogen) atoms. The topological polar surface area (TPSA) is 118 Å². The Bertz CT molecular complexity index is 916. The molecule has 0 fully saturated rings. The van der Waals surface area contributed by atoms with E-state index in [0.29, 0.717) is 0 Å². The van der Waals surface area contributed by atoms with Gasteiger partial charge < -0.3 is 0 Å². The van der Waals surface area contributed by atoms with Crippen LogP contribution in [0.25, 0.3) is 0 Å². The molecule has 0 aliphatic carbocycles. The molecule has 4 N–H and O–H groups in total. The van der Waals surface area contributed by atoms with Crippen molar-refractivity contribution in [2.45, 2.75) is 4.90 Å². The summed E-state index contributed by atoms with van der Waals surface area (Å²) in [4.78, 5) is 23.6. The molecule has 0 heterocycles. The van der Waals surface area contributed by atoms with Crippen LogP contribution < -0.4 is 16.0 Å². The highest BCUT2D eigenvalue weighted by molar-refractivity contribution is 7.89. The molecule has 2 rings (SSSR count). The van der Waals surface area contributed by atoms with Crippen LogP contribution in [0.1, 0.15) is 20.7 Å². The van der Waals surface area contributed by atoms with E-state index >= 15 is 0 Å². The highest BCUT2D eigenvalue weighted by atomic mass is 35.5. The minimum Gasteiger partial charge on any atom is -0.267 e. The Balaban J connectivity index is 2.14. The molecular weight excluding hydrogens is 377 g/mol. The predicted molar refractivity (Wildman–Crippen MR) is 89.2 cm³/mol. The summed E-state index contributed by atoms with van der Waals surface area (Å²) in [6, 6.07) is 9.77. The van der Waals surface area contributed by atoms with Crippen LogP contribution in [-0.4, -0.2) is 20.2 Å². The summed E-state index contributed by atoms with van der Waals surface area (Å²) in [5.74, 6) is -1.38. The molecule has 7 nitrogen and oxygen atoms in total. The number of amides is 2. The van der Waals surface area contributed by atoms with Crippen LogP contribution in [-0.2, 0) is 10.0 Å². The van der Waals surface area contributed by atoms with E-state index in [9.17, 15) is 18.0 Å². The van der Waals surface area contributed by atoms with E-state index in [0.717, 1.165) is 6.07 Å². The Labute approximate surface area is 147 Å². The first-order valence-electron chi connectivity index (χ1n) is 6.37. The van der Waals surface area contributed by atoms with E-state index in [4.69, 9.17) is 28.3 Å². The van der Waals surface area contributed by atoms with Gasteiger partial charge in [-0.1, -0.05) is 35.3 Å². The lowest BCUT2D eigenvalue weighted by molar-refractivity contribution is 0.0846. The Morgan fingerprint density at radius 3 is 2.17 bits per heavy atom. The van der Waals surface area contributed by atoms with Crippen molar-refractivity contribution in [2.24, 2.45) is 5.14 Å². The van der Waals surface area contributed by atoms with Crippen LogP contribution in [0.2, 0.25) is 10.0 Å². The van der Waals surface area contributed by atoms with Crippen LogP contribution >= 0.6 is 23.2 Å². The lowest BCUT2D eigenvalue weighted by Gasteiger charge is -2.09. The summed E-state index contributed by atoms with van der Waals surface area (Å²) in [5, 5.41) is 5.11. The fourth-order valence-corrected chi connectivity index (χ4v) is 3.05. The molecule has 0 atom stereocenters. The Kier molecular flexibility index (Phi) is 5.45. The van der Waals surface area contributed by atoms with Gasteiger partial charge in [0.05, 0.1) is 15.6 Å². The largest absolute Gasteiger partial charge is 0.271 e. The number of hydrogen-bond donors (Lipinski definition) is 3. The number of rotatable bonds is 3. The fraction of sp³-hybridized carbons (Fsp3) is 0. The van der Waals surface area contributed by atoms with E-state index < -0.39 is 26.7 Å². The van der Waals surface area contributed by atoms with Gasteiger partial charge in [-0.25, -0.2) is 13.6 Å². The molecule has 0 aliphatic heterocycles. The van der Waals surface area contributed by atoms with Crippen molar-refractivity contribution in [1.29, 1.82) is 0 Å². The van der Waals surface area contributed by atoms with Gasteiger partial charge in [-0.15, -0.1) is 0 Å². The van der Waals surface area contributed by atoms with E-state index in [-0.39, 0.29) is 21.2 Å². The predicted octanol–water partition coefficient (Wildman–Crippen LogP) is 1.72. The first-order chi connectivity index (χ1) is 11.2. The third-order valence-corrected chi connectivity index (χ3v) is 4.63. The van der Waals surface area contributed by atoms with Gasteiger partial charge in [0.1, 0.15) is 4.90 Å². The molecule has 0 saturated heterocycles. The monoisotopic (exact) mass is 387 g/mol. The standard InChI is InChI=1S/C14H11Cl2N3O4S/c15-10-4-2-1-3-9(10)14(21)19-18-13(20)8-5-6-11(16)12(7-8)24(17,22)23/h1-7H,(H,18,20)(H,19,21)(H2,17,22,23). The molecule has 0 aromatic heterocycles. The molecule has 0 spiro atoms. The molecular formula is C14H11Cl2N3O4S. The maximum Gasteiger partial charge on any atom is 0.271 e. The summed E-state index contributed by atoms with van der Waals surface area (Å²) in [6.45, 7) is 0. The zero-order chi connectivity index (χ0) is 17.9. The van der Waals surface area contributed by atoms with Gasteiger partial charge >= 0.3 is 0 Å². The molecule has 0 radical (unpaired) electrons. The molecule has 0 unspecified atom stereocenters. The molecule has 0 saturated carbocycles. The van der Waals surface area contributed by atoms with Crippen molar-refractivity contribution in [3.8, 4) is 0 Å². The van der Waals surface area contributed by atoms with Crippen LogP contribution in [0.5, 0.6) is 0 Å². The normalized spacial score (nSPS) is 11.0. The van der Waals surface area contributed by atoms with Gasteiger partial charge in [0.25, 0.3) is 11.8 Å². The number of benzene rings is 2. The number of carbonyl (C=O) groups excluding carboxylic acids is 2. The quantitative estimate of drug-likeness (QED) is 0.694. The SMILES string of the molecule is NS(=O)(=O)c1cc(C(=O)NNC(=O)c2ccccc2Cl)ccc1Cl. The van der Waals surface area contributed by atoms with Crippen molar-refractivity contribution in [3.05, 3.63) is 63.6 Å². The summed E-state index contributed by atoms with van der Waals surface area (Å²) >= 11 is 11.6. The van der Waals surface area contributed by atoms with Crippen molar-refractivity contribution in [1.82, 2.24) is 10.9 Å². The van der Waals surface area contributed by atoms with Crippen molar-refractivity contribution in [3.63, 3.8) is 0 Å². The van der Waals surface area contributed by atoms with Crippen LogP contribution in [0.4, 0.5) is 0 Å². The van der Waals surface area contributed by atoms with Crippen molar-refractivity contribution in [2.75, 3.05) is 0 Å². The summed E-state index contributed by atoms with van der Waals surface area (Å²) in [5.41, 5.74) is 4.44. The first-order valence-corrected chi connectivity index (χ1v) is 8.68. The Morgan fingerprint density at radius 2 is 1.54 bits per heavy atom. The summed E-state index contributed by atoms with van der Waals surface area (Å²) < 4.78 is 22.8. The molecule has 0 bridgehead atoms. The van der Waals surface area contributed by atoms with E-state index in [1.807, 2.05) is 0 Å². The minimum atomic E-state index is -4.09. The van der Waals surface area contributed by atoms with E-state index in [1.54, 1.807) is 12.1 Å². The smallest absolute Gasteiger partial charge is 0.267 e. The second kappa shape index (κ2) is 7.18. The highest BCUT2D eigenvalue weighted by Gasteiger charge is 2.17. The number of hydrazine groups is 1. The van der Waals surface area contributed by atoms with E-state index in [2.05, 4.69) is 10.9 Å². The number of nitrogens with two attached hydrogens (primary N) is 1. The third kappa shape index (κ3) is 4.24. The molecule has 2 amide bonds. The van der Waals surface area contributed by atoms with Crippen LogP contribution in [0.3, 0.4) is 0 Å². The van der Waals surface area contributed by atoms with Crippen molar-refractivity contribution < 1.29 is 18.0 Å². The van der Waals surface area contributed by atoms with E-state index in [1.165, 1.54) is 24.3 Å². The number of sulfonamides is 1. The zero-order valence-electron chi connectivity index (χ0n) is 11.9. The molecule has 2 aromatic carbocycles.